The third kappa shape index (κ3) is 10.1. The van der Waals surface area contributed by atoms with Crippen molar-refractivity contribution in [1.82, 2.24) is 19.8 Å². The number of benzene rings is 2. The minimum Gasteiger partial charge on any atom is -0.760 e. The van der Waals surface area contributed by atoms with Gasteiger partial charge in [0.25, 0.3) is 5.91 Å². The Bertz CT molecular complexity index is 1950. The van der Waals surface area contributed by atoms with Crippen LogP contribution in [0.4, 0.5) is 0 Å². The lowest BCUT2D eigenvalue weighted by Gasteiger charge is -2.46. The van der Waals surface area contributed by atoms with Crippen molar-refractivity contribution in [2.24, 2.45) is 17.8 Å². The molecule has 6 rings (SSSR count). The van der Waals surface area contributed by atoms with E-state index in [0.717, 1.165) is 36.3 Å². The number of aliphatic hydroxyl groups is 1. The Morgan fingerprint density at radius 2 is 1.86 bits per heavy atom. The predicted molar refractivity (Wildman–Crippen MR) is 220 cm³/mol. The molecule has 8 unspecified atom stereocenters. The summed E-state index contributed by atoms with van der Waals surface area (Å²) in [7, 11) is 3.26. The number of β-lactam (4-membered cyclic amide) rings is 1. The van der Waals surface area contributed by atoms with E-state index in [0.29, 0.717) is 55.3 Å². The SMILES string of the molecule is COc1ccc(CCCc2cccc(OCCNC(=O)C3=CC(CN4CC(SC5=C(C(=O)O)N6C(=O)C(C(C)O)C6C5C)CC4CNS(=O)[O-])CC=C3)c2)cc1OC. The number of hydrogen-bond acceptors (Lipinski definition) is 11. The first-order chi connectivity index (χ1) is 27.9. The summed E-state index contributed by atoms with van der Waals surface area (Å²) in [5, 5.41) is 23.2. The van der Waals surface area contributed by atoms with E-state index in [1.54, 1.807) is 21.1 Å². The smallest absolute Gasteiger partial charge is 0.353 e. The Hall–Kier alpha value is -4.19. The first kappa shape index (κ1) is 43.4. The number of aliphatic hydroxyl groups excluding tert-OH is 1. The van der Waals surface area contributed by atoms with E-state index in [1.165, 1.54) is 22.2 Å². The minimum absolute atomic E-state index is 0.00827. The van der Waals surface area contributed by atoms with Crippen molar-refractivity contribution in [3.05, 3.63) is 88.0 Å². The Morgan fingerprint density at radius 1 is 1.10 bits per heavy atom. The molecule has 2 aromatic carbocycles. The summed E-state index contributed by atoms with van der Waals surface area (Å²) >= 11 is -1.02. The quantitative estimate of drug-likeness (QED) is 0.0864. The first-order valence-corrected chi connectivity index (χ1v) is 21.6. The topological polar surface area (TPSA) is 190 Å². The Morgan fingerprint density at radius 3 is 2.57 bits per heavy atom. The molecule has 3 aliphatic heterocycles. The maximum atomic E-state index is 13.2. The van der Waals surface area contributed by atoms with Crippen LogP contribution in [0.15, 0.2) is 76.9 Å². The fourth-order valence-electron chi connectivity index (χ4n) is 8.57. The van der Waals surface area contributed by atoms with Gasteiger partial charge in [-0.05, 0) is 80.3 Å². The van der Waals surface area contributed by atoms with E-state index < -0.39 is 35.3 Å². The van der Waals surface area contributed by atoms with Gasteiger partial charge in [-0.2, -0.15) is 0 Å². The highest BCUT2D eigenvalue weighted by atomic mass is 32.2. The highest BCUT2D eigenvalue weighted by Crippen LogP contribution is 2.52. The molecule has 0 bridgehead atoms. The van der Waals surface area contributed by atoms with Gasteiger partial charge in [-0.25, -0.2) is 9.52 Å². The lowest BCUT2D eigenvalue weighted by Crippen LogP contribution is -2.63. The number of amides is 2. The van der Waals surface area contributed by atoms with Crippen molar-refractivity contribution >= 4 is 40.8 Å². The number of aliphatic carboxylic acids is 1. The molecule has 2 fully saturated rings. The van der Waals surface area contributed by atoms with Gasteiger partial charge in [-0.3, -0.25) is 18.7 Å². The number of rotatable bonds is 20. The Kier molecular flexibility index (Phi) is 14.7. The summed E-state index contributed by atoms with van der Waals surface area (Å²) in [5.74, 6) is -0.510. The molecule has 0 spiro atoms. The summed E-state index contributed by atoms with van der Waals surface area (Å²) in [4.78, 5) is 42.6. The maximum Gasteiger partial charge on any atom is 0.353 e. The van der Waals surface area contributed by atoms with Gasteiger partial charge in [0.1, 0.15) is 18.1 Å². The molecule has 58 heavy (non-hydrogen) atoms. The van der Waals surface area contributed by atoms with Crippen LogP contribution < -0.4 is 24.2 Å². The molecule has 2 aromatic rings. The number of carboxylic acids is 1. The highest BCUT2D eigenvalue weighted by Gasteiger charge is 2.60. The number of thioether (sulfide) groups is 1. The number of allylic oxidation sites excluding steroid dienone is 1. The molecule has 8 atom stereocenters. The molecule has 4 aliphatic rings. The number of hydrogen-bond donors (Lipinski definition) is 4. The Labute approximate surface area is 346 Å². The average Bonchev–Trinajstić information content (AvgIpc) is 3.69. The second-order valence-electron chi connectivity index (χ2n) is 15.3. The van der Waals surface area contributed by atoms with E-state index in [4.69, 9.17) is 14.2 Å². The van der Waals surface area contributed by atoms with Crippen molar-refractivity contribution < 1.29 is 47.6 Å². The van der Waals surface area contributed by atoms with Crippen LogP contribution in [0, 0.1) is 17.8 Å². The molecular weight excluding hydrogens is 785 g/mol. The predicted octanol–water partition coefficient (Wildman–Crippen LogP) is 3.59. The van der Waals surface area contributed by atoms with Crippen LogP contribution in [0.2, 0.25) is 0 Å². The van der Waals surface area contributed by atoms with Crippen molar-refractivity contribution in [1.29, 1.82) is 0 Å². The number of aryl methyl sites for hydroxylation is 2. The van der Waals surface area contributed by atoms with Crippen LogP contribution in [0.1, 0.15) is 44.2 Å². The third-order valence-electron chi connectivity index (χ3n) is 11.3. The standard InChI is InChI=1S/C42H54N4O10S2/c1-25-37-36(26(2)47)41(49)46(37)38(42(50)51)39(25)57-33-21-31(22-44-58(52)53)45(24-33)23-29-11-6-12-30(18-29)40(48)43-16-17-56-32-13-7-10-27(19-32)8-5-9-28-14-15-34(54-3)35(20-28)55-4/h6-7,10,12-15,18-20,25-26,29,31,33,36-37,44,47H,5,8-9,11,16-17,21-24H2,1-4H3,(H,43,48)(H,50,51)(H,52,53)/p-1. The van der Waals surface area contributed by atoms with Gasteiger partial charge in [-0.1, -0.05) is 43.4 Å². The molecule has 14 nitrogen and oxygen atoms in total. The number of nitrogens with zero attached hydrogens (tertiary/aromatic N) is 2. The van der Waals surface area contributed by atoms with E-state index in [9.17, 15) is 33.4 Å². The van der Waals surface area contributed by atoms with Crippen molar-refractivity contribution in [3.8, 4) is 17.2 Å². The molecule has 3 heterocycles. The van der Waals surface area contributed by atoms with E-state index in [1.807, 2.05) is 61.5 Å². The number of methoxy groups -OCH3 is 2. The molecule has 0 radical (unpaired) electrons. The summed E-state index contributed by atoms with van der Waals surface area (Å²) in [5.41, 5.74) is 2.86. The molecule has 16 heteroatoms. The molecular formula is C42H53N4O10S2-. The van der Waals surface area contributed by atoms with E-state index in [2.05, 4.69) is 21.0 Å². The summed E-state index contributed by atoms with van der Waals surface area (Å²) < 4.78 is 42.2. The van der Waals surface area contributed by atoms with Crippen LogP contribution >= 0.6 is 11.8 Å². The van der Waals surface area contributed by atoms with Gasteiger partial charge >= 0.3 is 5.97 Å². The minimum atomic E-state index is -2.45. The second kappa shape index (κ2) is 19.7. The van der Waals surface area contributed by atoms with E-state index in [-0.39, 0.29) is 47.2 Å². The zero-order chi connectivity index (χ0) is 41.5. The van der Waals surface area contributed by atoms with Gasteiger partial charge in [0.05, 0.1) is 38.8 Å². The van der Waals surface area contributed by atoms with Crippen LogP contribution in [0.3, 0.4) is 0 Å². The van der Waals surface area contributed by atoms with Gasteiger partial charge in [0.15, 0.2) is 11.5 Å². The summed E-state index contributed by atoms with van der Waals surface area (Å²) in [6.45, 7) is 5.39. The van der Waals surface area contributed by atoms with Gasteiger partial charge in [0, 0.05) is 58.6 Å². The largest absolute Gasteiger partial charge is 0.760 e. The fourth-order valence-corrected chi connectivity index (χ4v) is 10.5. The van der Waals surface area contributed by atoms with Gasteiger partial charge in [-0.15, -0.1) is 11.8 Å². The van der Waals surface area contributed by atoms with Crippen LogP contribution in [-0.4, -0.2) is 117 Å². The zero-order valence-electron chi connectivity index (χ0n) is 33.3. The number of carbonyl (C=O) groups excluding carboxylic acids is 2. The van der Waals surface area contributed by atoms with Crippen molar-refractivity contribution in [3.63, 3.8) is 0 Å². The molecule has 314 valence electrons. The highest BCUT2D eigenvalue weighted by molar-refractivity contribution is 8.03. The Balaban J connectivity index is 0.992. The molecule has 0 aromatic heterocycles. The van der Waals surface area contributed by atoms with Gasteiger partial charge < -0.3 is 39.2 Å². The normalized spacial score (nSPS) is 25.2. The van der Waals surface area contributed by atoms with Crippen molar-refractivity contribution in [2.75, 3.05) is 47.0 Å². The lowest BCUT2D eigenvalue weighted by atomic mass is 9.79. The molecule has 0 saturated carbocycles. The van der Waals surface area contributed by atoms with Crippen molar-refractivity contribution in [2.45, 2.75) is 69.4 Å². The molecule has 2 saturated heterocycles. The fraction of sp³-hybridized carbons (Fsp3) is 0.500. The maximum absolute atomic E-state index is 13.2. The van der Waals surface area contributed by atoms with Crippen LogP contribution in [0.5, 0.6) is 17.2 Å². The molecule has 1 aliphatic carbocycles. The number of fused-ring (bicyclic) bond motifs is 1. The molecule has 2 amide bonds. The number of carbonyl (C=O) groups is 3. The number of nitrogens with one attached hydrogen (secondary N) is 2. The van der Waals surface area contributed by atoms with Crippen LogP contribution in [0.25, 0.3) is 0 Å². The average molecular weight is 838 g/mol. The number of ether oxygens (including phenoxy) is 3. The lowest BCUT2D eigenvalue weighted by molar-refractivity contribution is -0.163. The number of carboxylic acid groups (broad SMARTS) is 1. The van der Waals surface area contributed by atoms with Gasteiger partial charge in [0.2, 0.25) is 5.91 Å². The summed E-state index contributed by atoms with van der Waals surface area (Å²) in [6, 6.07) is 13.4. The zero-order valence-corrected chi connectivity index (χ0v) is 34.9. The third-order valence-corrected chi connectivity index (χ3v) is 13.2. The second-order valence-corrected chi connectivity index (χ2v) is 17.4. The first-order valence-electron chi connectivity index (χ1n) is 19.7. The molecule has 4 N–H and O–H groups in total. The monoisotopic (exact) mass is 837 g/mol. The van der Waals surface area contributed by atoms with E-state index >= 15 is 0 Å². The number of likely N-dealkylation sites (tertiary alicyclic amines) is 1. The summed E-state index contributed by atoms with van der Waals surface area (Å²) in [6.07, 6.45) is 8.88. The van der Waals surface area contributed by atoms with Crippen LogP contribution in [-0.2, 0) is 38.5 Å².